The van der Waals surface area contributed by atoms with Crippen LogP contribution in [0.1, 0.15) is 45.0 Å². The van der Waals surface area contributed by atoms with Crippen molar-refractivity contribution in [2.75, 3.05) is 23.8 Å². The van der Waals surface area contributed by atoms with Gasteiger partial charge in [-0.05, 0) is 19.8 Å². The second-order valence-corrected chi connectivity index (χ2v) is 8.83. The summed E-state index contributed by atoms with van der Waals surface area (Å²) < 4.78 is 1.70. The summed E-state index contributed by atoms with van der Waals surface area (Å²) in [6.07, 6.45) is 1.82. The monoisotopic (exact) mass is 435 g/mol. The van der Waals surface area contributed by atoms with Gasteiger partial charge in [0, 0.05) is 24.7 Å². The third kappa shape index (κ3) is 4.70. The third-order valence-corrected chi connectivity index (χ3v) is 4.95. The van der Waals surface area contributed by atoms with Crippen LogP contribution >= 0.6 is 0 Å². The first-order valence-corrected chi connectivity index (χ1v) is 10.6. The maximum absolute atomic E-state index is 10.2. The summed E-state index contributed by atoms with van der Waals surface area (Å²) in [4.78, 5) is 15.8. The van der Waals surface area contributed by atoms with Crippen molar-refractivity contribution in [2.45, 2.75) is 45.8 Å². The number of H-pyrrole nitrogens is 1. The molecule has 0 aliphatic rings. The van der Waals surface area contributed by atoms with Gasteiger partial charge in [-0.3, -0.25) is 5.10 Å². The molecule has 10 nitrogen and oxygen atoms in total. The van der Waals surface area contributed by atoms with E-state index in [1.165, 1.54) is 0 Å². The van der Waals surface area contributed by atoms with E-state index in [-0.39, 0.29) is 5.92 Å². The maximum Gasteiger partial charge on any atom is 0.230 e. The van der Waals surface area contributed by atoms with E-state index in [1.54, 1.807) is 18.4 Å². The molecule has 0 amide bonds. The van der Waals surface area contributed by atoms with Crippen LogP contribution in [0.25, 0.3) is 17.0 Å². The highest BCUT2D eigenvalue weighted by molar-refractivity contribution is 5.56. The molecule has 0 spiro atoms. The molecule has 3 heterocycles. The van der Waals surface area contributed by atoms with Crippen LogP contribution in [0.5, 0.6) is 0 Å². The van der Waals surface area contributed by atoms with Crippen LogP contribution in [-0.4, -0.2) is 59.1 Å². The fraction of sp³-hybridized carbons (Fsp3) is 0.409. The zero-order valence-electron chi connectivity index (χ0n) is 19.0. The molecule has 0 aliphatic heterocycles. The Kier molecular flexibility index (Phi) is 5.79. The molecule has 10 heteroatoms. The molecule has 1 aromatic carbocycles. The van der Waals surface area contributed by atoms with Gasteiger partial charge in [-0.15, -0.1) is 0 Å². The van der Waals surface area contributed by atoms with Gasteiger partial charge in [-0.1, -0.05) is 44.2 Å². The van der Waals surface area contributed by atoms with Crippen molar-refractivity contribution in [3.05, 3.63) is 47.9 Å². The van der Waals surface area contributed by atoms with Gasteiger partial charge < -0.3 is 15.3 Å². The Labute approximate surface area is 186 Å². The molecule has 32 heavy (non-hydrogen) atoms. The lowest BCUT2D eigenvalue weighted by Gasteiger charge is -2.26. The van der Waals surface area contributed by atoms with Crippen LogP contribution in [0.3, 0.4) is 0 Å². The predicted molar refractivity (Wildman–Crippen MR) is 124 cm³/mol. The summed E-state index contributed by atoms with van der Waals surface area (Å²) in [6.45, 7) is 8.49. The highest BCUT2D eigenvalue weighted by atomic mass is 16.3. The Bertz CT molecular complexity index is 1190. The van der Waals surface area contributed by atoms with Gasteiger partial charge in [0.05, 0.1) is 18.3 Å². The normalized spacial score (nSPS) is 12.0. The molecule has 0 bridgehead atoms. The van der Waals surface area contributed by atoms with Gasteiger partial charge in [0.25, 0.3) is 0 Å². The van der Waals surface area contributed by atoms with Gasteiger partial charge in [0.2, 0.25) is 11.9 Å². The van der Waals surface area contributed by atoms with E-state index < -0.39 is 5.60 Å². The molecule has 3 aromatic heterocycles. The number of aromatic nitrogens is 7. The summed E-state index contributed by atoms with van der Waals surface area (Å²) in [5.41, 5.74) is 1.83. The van der Waals surface area contributed by atoms with E-state index in [1.807, 2.05) is 48.5 Å². The zero-order valence-corrected chi connectivity index (χ0v) is 19.0. The van der Waals surface area contributed by atoms with E-state index in [2.05, 4.69) is 44.4 Å². The quantitative estimate of drug-likeness (QED) is 0.386. The first kappa shape index (κ1) is 21.7. The van der Waals surface area contributed by atoms with Crippen LogP contribution in [0, 0.1) is 0 Å². The van der Waals surface area contributed by atoms with Crippen LogP contribution < -0.4 is 10.2 Å². The second kappa shape index (κ2) is 8.54. The van der Waals surface area contributed by atoms with Gasteiger partial charge in [-0.2, -0.15) is 24.7 Å². The summed E-state index contributed by atoms with van der Waals surface area (Å²) in [6, 6.07) is 9.81. The lowest BCUT2D eigenvalue weighted by Crippen LogP contribution is -2.37. The minimum Gasteiger partial charge on any atom is -0.389 e. The van der Waals surface area contributed by atoms with Crippen LogP contribution in [0.4, 0.5) is 11.9 Å². The smallest absolute Gasteiger partial charge is 0.230 e. The molecule has 0 atom stereocenters. The van der Waals surface area contributed by atoms with Crippen molar-refractivity contribution < 1.29 is 5.11 Å². The standard InChI is InChI=1S/C22H29N9O/c1-14(2)16-11-24-31-19(16)26-21(30(5)13-22(3,4)32)27-20(31)23-12-17-25-18(29-28-17)15-9-7-6-8-10-15/h6-11,14,32H,12-13H2,1-5H3,(H,23,26,27)(H,25,28,29). The fourth-order valence-electron chi connectivity index (χ4n) is 3.48. The first-order chi connectivity index (χ1) is 15.2. The third-order valence-electron chi connectivity index (χ3n) is 4.95. The van der Waals surface area contributed by atoms with Crippen molar-refractivity contribution in [1.82, 2.24) is 34.8 Å². The Morgan fingerprint density at radius 3 is 2.59 bits per heavy atom. The minimum atomic E-state index is -0.882. The Morgan fingerprint density at radius 1 is 1.16 bits per heavy atom. The molecular formula is C22H29N9O. The molecular weight excluding hydrogens is 406 g/mol. The molecule has 168 valence electrons. The Morgan fingerprint density at radius 2 is 1.91 bits per heavy atom. The number of hydrogen-bond acceptors (Lipinski definition) is 8. The molecule has 4 rings (SSSR count). The molecule has 0 fully saturated rings. The number of hydrogen-bond donors (Lipinski definition) is 3. The number of aliphatic hydroxyl groups is 1. The van der Waals surface area contributed by atoms with Crippen molar-refractivity contribution in [1.29, 1.82) is 0 Å². The van der Waals surface area contributed by atoms with E-state index >= 15 is 0 Å². The number of aromatic amines is 1. The SMILES string of the molecule is CC(C)c1cnn2c(NCc3nc(-c4ccccc4)n[nH]3)nc(N(C)CC(C)(C)O)nc12. The number of anilines is 2. The van der Waals surface area contributed by atoms with E-state index in [0.29, 0.717) is 36.6 Å². The second-order valence-electron chi connectivity index (χ2n) is 8.83. The average molecular weight is 436 g/mol. The highest BCUT2D eigenvalue weighted by Crippen LogP contribution is 2.24. The van der Waals surface area contributed by atoms with Gasteiger partial charge in [0.1, 0.15) is 5.82 Å². The molecule has 0 saturated heterocycles. The maximum atomic E-state index is 10.2. The lowest BCUT2D eigenvalue weighted by molar-refractivity contribution is 0.0883. The first-order valence-electron chi connectivity index (χ1n) is 10.6. The van der Waals surface area contributed by atoms with E-state index in [4.69, 9.17) is 4.98 Å². The summed E-state index contributed by atoms with van der Waals surface area (Å²) >= 11 is 0. The summed E-state index contributed by atoms with van der Waals surface area (Å²) in [7, 11) is 1.86. The molecule has 0 saturated carbocycles. The molecule has 0 radical (unpaired) electrons. The Hall–Kier alpha value is -3.53. The fourth-order valence-corrected chi connectivity index (χ4v) is 3.48. The number of fused-ring (bicyclic) bond motifs is 1. The van der Waals surface area contributed by atoms with Crippen LogP contribution in [0.2, 0.25) is 0 Å². The van der Waals surface area contributed by atoms with Crippen molar-refractivity contribution in [2.24, 2.45) is 0 Å². The number of likely N-dealkylation sites (N-methyl/N-ethyl adjacent to an activating group) is 1. The minimum absolute atomic E-state index is 0.255. The highest BCUT2D eigenvalue weighted by Gasteiger charge is 2.21. The van der Waals surface area contributed by atoms with Gasteiger partial charge in [-0.25, -0.2) is 4.98 Å². The predicted octanol–water partition coefficient (Wildman–Crippen LogP) is 2.85. The van der Waals surface area contributed by atoms with E-state index in [0.717, 1.165) is 16.8 Å². The van der Waals surface area contributed by atoms with Gasteiger partial charge in [0.15, 0.2) is 11.5 Å². The van der Waals surface area contributed by atoms with Crippen molar-refractivity contribution >= 4 is 17.5 Å². The number of rotatable bonds is 8. The zero-order chi connectivity index (χ0) is 22.9. The average Bonchev–Trinajstić information content (AvgIpc) is 3.38. The van der Waals surface area contributed by atoms with Crippen LogP contribution in [0.15, 0.2) is 36.5 Å². The number of nitrogens with one attached hydrogen (secondary N) is 2. The lowest BCUT2D eigenvalue weighted by atomic mass is 10.1. The Balaban J connectivity index is 1.63. The topological polar surface area (TPSA) is 120 Å². The number of benzene rings is 1. The van der Waals surface area contributed by atoms with E-state index in [9.17, 15) is 5.11 Å². The molecule has 4 aromatic rings. The molecule has 0 aliphatic carbocycles. The van der Waals surface area contributed by atoms with Crippen molar-refractivity contribution in [3.63, 3.8) is 0 Å². The largest absolute Gasteiger partial charge is 0.389 e. The van der Waals surface area contributed by atoms with Crippen molar-refractivity contribution in [3.8, 4) is 11.4 Å². The van der Waals surface area contributed by atoms with Gasteiger partial charge >= 0.3 is 0 Å². The van der Waals surface area contributed by atoms with Crippen LogP contribution in [-0.2, 0) is 6.54 Å². The number of nitrogens with zero attached hydrogens (tertiary/aromatic N) is 7. The molecule has 3 N–H and O–H groups in total. The summed E-state index contributed by atoms with van der Waals surface area (Å²) in [5.74, 6) is 2.62. The summed E-state index contributed by atoms with van der Waals surface area (Å²) in [5, 5.41) is 25.3. The molecule has 0 unspecified atom stereocenters.